The lowest BCUT2D eigenvalue weighted by molar-refractivity contribution is -0.113. The summed E-state index contributed by atoms with van der Waals surface area (Å²) in [4.78, 5) is 28.8. The second-order valence-corrected chi connectivity index (χ2v) is 7.37. The number of carbonyl (C=O) groups is 1. The number of benzene rings is 1. The molecule has 6 nitrogen and oxygen atoms in total. The fourth-order valence-corrected chi connectivity index (χ4v) is 4.07. The SMILES string of the molecule is O=C(CSc1nc(=O)n(CCCO)c2c1CCCC2)Nc1ccc(F)cc1. The van der Waals surface area contributed by atoms with Crippen LogP contribution in [0, 0.1) is 5.82 Å². The first-order chi connectivity index (χ1) is 13.1. The highest BCUT2D eigenvalue weighted by Gasteiger charge is 2.21. The molecule has 0 unspecified atom stereocenters. The minimum absolute atomic E-state index is 0.0290. The van der Waals surface area contributed by atoms with E-state index in [1.807, 2.05) is 0 Å². The minimum atomic E-state index is -0.361. The molecule has 0 aliphatic heterocycles. The van der Waals surface area contributed by atoms with Crippen LogP contribution in [-0.2, 0) is 24.2 Å². The highest BCUT2D eigenvalue weighted by Crippen LogP contribution is 2.28. The Labute approximate surface area is 160 Å². The van der Waals surface area contributed by atoms with Crippen molar-refractivity contribution in [2.24, 2.45) is 0 Å². The Morgan fingerprint density at radius 3 is 2.74 bits per heavy atom. The smallest absolute Gasteiger partial charge is 0.348 e. The van der Waals surface area contributed by atoms with Gasteiger partial charge in [0.1, 0.15) is 10.8 Å². The molecule has 0 saturated carbocycles. The first-order valence-corrected chi connectivity index (χ1v) is 9.98. The van der Waals surface area contributed by atoms with Gasteiger partial charge < -0.3 is 10.4 Å². The van der Waals surface area contributed by atoms with Crippen LogP contribution in [0.1, 0.15) is 30.5 Å². The Bertz CT molecular complexity index is 868. The highest BCUT2D eigenvalue weighted by molar-refractivity contribution is 8.00. The molecule has 0 radical (unpaired) electrons. The first kappa shape index (κ1) is 19.6. The van der Waals surface area contributed by atoms with Gasteiger partial charge in [0.15, 0.2) is 0 Å². The van der Waals surface area contributed by atoms with Crippen LogP contribution < -0.4 is 11.0 Å². The molecule has 8 heteroatoms. The number of hydrogen-bond acceptors (Lipinski definition) is 5. The summed E-state index contributed by atoms with van der Waals surface area (Å²) in [7, 11) is 0. The topological polar surface area (TPSA) is 84.2 Å². The second kappa shape index (κ2) is 9.14. The number of anilines is 1. The zero-order valence-electron chi connectivity index (χ0n) is 14.9. The summed E-state index contributed by atoms with van der Waals surface area (Å²) in [5.74, 6) is -0.473. The summed E-state index contributed by atoms with van der Waals surface area (Å²) < 4.78 is 14.6. The van der Waals surface area contributed by atoms with E-state index >= 15 is 0 Å². The average molecular weight is 391 g/mol. The number of rotatable bonds is 7. The number of fused-ring (bicyclic) bond motifs is 1. The Balaban J connectivity index is 1.72. The molecule has 0 spiro atoms. The van der Waals surface area contributed by atoms with E-state index in [0.29, 0.717) is 23.7 Å². The van der Waals surface area contributed by atoms with Crippen LogP contribution in [-0.4, -0.2) is 32.9 Å². The molecule has 1 heterocycles. The molecule has 2 aromatic rings. The van der Waals surface area contributed by atoms with Crippen LogP contribution in [0.15, 0.2) is 34.1 Å². The number of aromatic nitrogens is 2. The van der Waals surface area contributed by atoms with Crippen molar-refractivity contribution in [3.8, 4) is 0 Å². The number of thioether (sulfide) groups is 1. The normalized spacial score (nSPS) is 13.3. The standard InChI is InChI=1S/C19H22FN3O3S/c20-13-6-8-14(9-7-13)21-17(25)12-27-18-15-4-1-2-5-16(15)23(10-3-11-24)19(26)22-18/h6-9,24H,1-5,10-12H2,(H,21,25). The molecule has 0 bridgehead atoms. The van der Waals surface area contributed by atoms with E-state index in [4.69, 9.17) is 5.11 Å². The van der Waals surface area contributed by atoms with E-state index in [0.717, 1.165) is 36.9 Å². The van der Waals surface area contributed by atoms with Gasteiger partial charge in [0.2, 0.25) is 5.91 Å². The quantitative estimate of drug-likeness (QED) is 0.559. The van der Waals surface area contributed by atoms with Gasteiger partial charge in [-0.15, -0.1) is 0 Å². The van der Waals surface area contributed by atoms with E-state index in [1.54, 1.807) is 4.57 Å². The fourth-order valence-electron chi connectivity index (χ4n) is 3.19. The van der Waals surface area contributed by atoms with Crippen molar-refractivity contribution >= 4 is 23.4 Å². The van der Waals surface area contributed by atoms with E-state index in [9.17, 15) is 14.0 Å². The van der Waals surface area contributed by atoms with E-state index in [2.05, 4.69) is 10.3 Å². The van der Waals surface area contributed by atoms with Crippen molar-refractivity contribution in [2.75, 3.05) is 17.7 Å². The number of nitrogens with zero attached hydrogens (tertiary/aromatic N) is 2. The van der Waals surface area contributed by atoms with Gasteiger partial charge >= 0.3 is 5.69 Å². The summed E-state index contributed by atoms with van der Waals surface area (Å²) in [6.07, 6.45) is 4.21. The second-order valence-electron chi connectivity index (χ2n) is 6.40. The van der Waals surface area contributed by atoms with E-state index in [-0.39, 0.29) is 29.8 Å². The van der Waals surface area contributed by atoms with Crippen LogP contribution in [0.3, 0.4) is 0 Å². The molecule has 1 aliphatic rings. The van der Waals surface area contributed by atoms with Crippen molar-refractivity contribution in [1.82, 2.24) is 9.55 Å². The molecule has 1 aliphatic carbocycles. The number of hydrogen-bond donors (Lipinski definition) is 2. The number of halogens is 1. The summed E-state index contributed by atoms with van der Waals surface area (Å²) in [5.41, 5.74) is 2.22. The molecule has 144 valence electrons. The molecule has 2 N–H and O–H groups in total. The Morgan fingerprint density at radius 1 is 1.26 bits per heavy atom. The predicted molar refractivity (Wildman–Crippen MR) is 103 cm³/mol. The van der Waals surface area contributed by atoms with Gasteiger partial charge in [-0.25, -0.2) is 9.18 Å². The van der Waals surface area contributed by atoms with Gasteiger partial charge in [-0.2, -0.15) is 4.98 Å². The van der Waals surface area contributed by atoms with Crippen LogP contribution in [0.4, 0.5) is 10.1 Å². The number of aliphatic hydroxyl groups is 1. The van der Waals surface area contributed by atoms with Crippen molar-refractivity contribution < 1.29 is 14.3 Å². The van der Waals surface area contributed by atoms with Crippen molar-refractivity contribution in [1.29, 1.82) is 0 Å². The molecular formula is C19H22FN3O3S. The van der Waals surface area contributed by atoms with Gasteiger partial charge in [-0.1, -0.05) is 11.8 Å². The van der Waals surface area contributed by atoms with Crippen LogP contribution in [0.5, 0.6) is 0 Å². The van der Waals surface area contributed by atoms with Crippen molar-refractivity contribution in [3.05, 3.63) is 51.8 Å². The maximum Gasteiger partial charge on any atom is 0.348 e. The van der Waals surface area contributed by atoms with Gasteiger partial charge in [-0.3, -0.25) is 9.36 Å². The third-order valence-corrected chi connectivity index (χ3v) is 5.48. The Hall–Kier alpha value is -2.19. The molecule has 0 saturated heterocycles. The lowest BCUT2D eigenvalue weighted by Crippen LogP contribution is -2.30. The maximum atomic E-state index is 12.9. The Kier molecular flexibility index (Phi) is 6.63. The van der Waals surface area contributed by atoms with Gasteiger partial charge in [0.25, 0.3) is 0 Å². The third kappa shape index (κ3) is 4.95. The zero-order chi connectivity index (χ0) is 19.2. The van der Waals surface area contributed by atoms with E-state index in [1.165, 1.54) is 36.0 Å². The first-order valence-electron chi connectivity index (χ1n) is 9.00. The van der Waals surface area contributed by atoms with Gasteiger partial charge in [0, 0.05) is 30.1 Å². The number of amides is 1. The van der Waals surface area contributed by atoms with Gasteiger partial charge in [-0.05, 0) is 56.4 Å². The molecule has 1 aromatic carbocycles. The monoisotopic (exact) mass is 391 g/mol. The van der Waals surface area contributed by atoms with Crippen LogP contribution in [0.25, 0.3) is 0 Å². The van der Waals surface area contributed by atoms with Crippen LogP contribution in [0.2, 0.25) is 0 Å². The number of nitrogens with one attached hydrogen (secondary N) is 1. The molecule has 1 aromatic heterocycles. The Morgan fingerprint density at radius 2 is 2.00 bits per heavy atom. The number of aliphatic hydroxyl groups excluding tert-OH is 1. The summed E-state index contributed by atoms with van der Waals surface area (Å²) in [6.45, 7) is 0.488. The highest BCUT2D eigenvalue weighted by atomic mass is 32.2. The lowest BCUT2D eigenvalue weighted by atomic mass is 9.97. The van der Waals surface area contributed by atoms with E-state index < -0.39 is 0 Å². The van der Waals surface area contributed by atoms with Crippen molar-refractivity contribution in [3.63, 3.8) is 0 Å². The lowest BCUT2D eigenvalue weighted by Gasteiger charge is -2.22. The average Bonchev–Trinajstić information content (AvgIpc) is 2.67. The molecule has 0 fully saturated rings. The maximum absolute atomic E-state index is 12.9. The largest absolute Gasteiger partial charge is 0.396 e. The van der Waals surface area contributed by atoms with Crippen LogP contribution >= 0.6 is 11.8 Å². The summed E-state index contributed by atoms with van der Waals surface area (Å²) in [5, 5.41) is 12.4. The number of carbonyl (C=O) groups excluding carboxylic acids is 1. The van der Waals surface area contributed by atoms with Crippen molar-refractivity contribution in [2.45, 2.75) is 43.7 Å². The third-order valence-electron chi connectivity index (χ3n) is 4.46. The molecule has 27 heavy (non-hydrogen) atoms. The molecule has 0 atom stereocenters. The molecular weight excluding hydrogens is 369 g/mol. The summed E-state index contributed by atoms with van der Waals surface area (Å²) in [6, 6.07) is 5.57. The van der Waals surface area contributed by atoms with Gasteiger partial charge in [0.05, 0.1) is 5.75 Å². The molecule has 3 rings (SSSR count). The predicted octanol–water partition coefficient (Wildman–Crippen LogP) is 2.37. The molecule has 1 amide bonds. The fraction of sp³-hybridized carbons (Fsp3) is 0.421. The zero-order valence-corrected chi connectivity index (χ0v) is 15.7. The summed E-state index contributed by atoms with van der Waals surface area (Å²) >= 11 is 1.25. The minimum Gasteiger partial charge on any atom is -0.396 e.